The highest BCUT2D eigenvalue weighted by molar-refractivity contribution is 9.10. The minimum atomic E-state index is -0.388. The Kier molecular flexibility index (Phi) is 6.41. The van der Waals surface area contributed by atoms with Gasteiger partial charge < -0.3 is 4.74 Å². The summed E-state index contributed by atoms with van der Waals surface area (Å²) in [5.74, 6) is 0.373. The van der Waals surface area contributed by atoms with Crippen molar-refractivity contribution in [2.24, 2.45) is 5.10 Å². The van der Waals surface area contributed by atoms with Gasteiger partial charge in [-0.15, -0.1) is 0 Å². The normalized spacial score (nSPS) is 10.9. The molecule has 0 bridgehead atoms. The van der Waals surface area contributed by atoms with Crippen LogP contribution in [0.2, 0.25) is 0 Å². The van der Waals surface area contributed by atoms with Crippen molar-refractivity contribution >= 4 is 44.0 Å². The van der Waals surface area contributed by atoms with Crippen LogP contribution in [0.3, 0.4) is 0 Å². The highest BCUT2D eigenvalue weighted by Gasteiger charge is 2.14. The largest absolute Gasteiger partial charge is 0.497 e. The van der Waals surface area contributed by atoms with Crippen LogP contribution in [0.15, 0.2) is 68.8 Å². The van der Waals surface area contributed by atoms with E-state index in [4.69, 9.17) is 4.74 Å². The fourth-order valence-corrected chi connectivity index (χ4v) is 3.08. The molecule has 0 fully saturated rings. The van der Waals surface area contributed by atoms with Crippen LogP contribution in [0.25, 0.3) is 0 Å². The van der Waals surface area contributed by atoms with Crippen LogP contribution in [-0.2, 0) is 6.54 Å². The van der Waals surface area contributed by atoms with Crippen LogP contribution in [0.1, 0.15) is 21.6 Å². The van der Waals surface area contributed by atoms with E-state index in [-0.39, 0.29) is 11.6 Å². The lowest BCUT2D eigenvalue weighted by molar-refractivity contribution is 0.0948. The summed E-state index contributed by atoms with van der Waals surface area (Å²) in [6, 6.07) is 15.3. The average Bonchev–Trinajstić information content (AvgIpc) is 3.04. The summed E-state index contributed by atoms with van der Waals surface area (Å²) in [4.78, 5) is 12.3. The van der Waals surface area contributed by atoms with Crippen molar-refractivity contribution in [2.45, 2.75) is 6.54 Å². The first kappa shape index (κ1) is 19.3. The predicted molar refractivity (Wildman–Crippen MR) is 111 cm³/mol. The van der Waals surface area contributed by atoms with Gasteiger partial charge in [0.25, 0.3) is 5.91 Å². The summed E-state index contributed by atoms with van der Waals surface area (Å²) in [5.41, 5.74) is 4.69. The zero-order chi connectivity index (χ0) is 19.2. The summed E-state index contributed by atoms with van der Waals surface area (Å²) in [6.45, 7) is 0.564. The second kappa shape index (κ2) is 8.96. The molecule has 3 aromatic rings. The van der Waals surface area contributed by atoms with Gasteiger partial charge in [0.15, 0.2) is 5.69 Å². The zero-order valence-electron chi connectivity index (χ0n) is 14.4. The van der Waals surface area contributed by atoms with Crippen LogP contribution in [-0.4, -0.2) is 29.0 Å². The van der Waals surface area contributed by atoms with Gasteiger partial charge in [-0.05, 0) is 63.5 Å². The molecule has 0 radical (unpaired) electrons. The standard InChI is InChI=1S/C19H16Br2N4O2/c1-27-16-8-4-13(5-9-16)10-22-23-19(26)18-17(21)12-25(24-18)11-14-2-6-15(20)7-3-14/h2-10,12H,11H2,1H3,(H,23,26)/b22-10+. The van der Waals surface area contributed by atoms with Gasteiger partial charge in [-0.1, -0.05) is 28.1 Å². The molecule has 0 spiro atoms. The Labute approximate surface area is 173 Å². The fraction of sp³-hybridized carbons (Fsp3) is 0.105. The summed E-state index contributed by atoms with van der Waals surface area (Å²) in [7, 11) is 1.61. The lowest BCUT2D eigenvalue weighted by Gasteiger charge is -2.02. The Bertz CT molecular complexity index is 951. The third-order valence-corrected chi connectivity index (χ3v) is 4.79. The van der Waals surface area contributed by atoms with Gasteiger partial charge in [0.2, 0.25) is 0 Å². The number of nitrogens with zero attached hydrogens (tertiary/aromatic N) is 3. The molecule has 0 aliphatic heterocycles. The number of aromatic nitrogens is 2. The van der Waals surface area contributed by atoms with Crippen molar-refractivity contribution in [3.63, 3.8) is 0 Å². The molecule has 0 atom stereocenters. The number of methoxy groups -OCH3 is 1. The van der Waals surface area contributed by atoms with Gasteiger partial charge in [0, 0.05) is 10.7 Å². The quantitative estimate of drug-likeness (QED) is 0.414. The number of carbonyl (C=O) groups excluding carboxylic acids is 1. The number of benzene rings is 2. The summed E-state index contributed by atoms with van der Waals surface area (Å²) >= 11 is 6.79. The van der Waals surface area contributed by atoms with E-state index < -0.39 is 0 Å². The maximum Gasteiger partial charge on any atom is 0.293 e. The van der Waals surface area contributed by atoms with Crippen LogP contribution in [0.5, 0.6) is 5.75 Å². The Morgan fingerprint density at radius 3 is 2.56 bits per heavy atom. The Hall–Kier alpha value is -2.45. The minimum Gasteiger partial charge on any atom is -0.497 e. The third kappa shape index (κ3) is 5.27. The summed E-state index contributed by atoms with van der Waals surface area (Å²) < 4.78 is 8.43. The van der Waals surface area contributed by atoms with Crippen molar-refractivity contribution < 1.29 is 9.53 Å². The topological polar surface area (TPSA) is 68.5 Å². The number of carbonyl (C=O) groups is 1. The van der Waals surface area contributed by atoms with Gasteiger partial charge in [0.1, 0.15) is 5.75 Å². The van der Waals surface area contributed by atoms with Gasteiger partial charge >= 0.3 is 0 Å². The lowest BCUT2D eigenvalue weighted by Crippen LogP contribution is -2.19. The number of rotatable bonds is 6. The number of halogens is 2. The van der Waals surface area contributed by atoms with Gasteiger partial charge in [0.05, 0.1) is 24.3 Å². The van der Waals surface area contributed by atoms with E-state index in [9.17, 15) is 4.79 Å². The molecule has 0 saturated carbocycles. The van der Waals surface area contributed by atoms with Crippen LogP contribution in [0.4, 0.5) is 0 Å². The first-order valence-electron chi connectivity index (χ1n) is 8.00. The minimum absolute atomic E-state index is 0.277. The molecule has 138 valence electrons. The van der Waals surface area contributed by atoms with E-state index in [2.05, 4.69) is 47.5 Å². The lowest BCUT2D eigenvalue weighted by atomic mass is 10.2. The van der Waals surface area contributed by atoms with Crippen molar-refractivity contribution in [3.8, 4) is 5.75 Å². The summed E-state index contributed by atoms with van der Waals surface area (Å²) in [5, 5.41) is 8.31. The van der Waals surface area contributed by atoms with Crippen LogP contribution >= 0.6 is 31.9 Å². The molecule has 2 aromatic carbocycles. The average molecular weight is 492 g/mol. The molecule has 27 heavy (non-hydrogen) atoms. The zero-order valence-corrected chi connectivity index (χ0v) is 17.6. The Morgan fingerprint density at radius 2 is 1.89 bits per heavy atom. The second-order valence-corrected chi connectivity index (χ2v) is 7.39. The van der Waals surface area contributed by atoms with Crippen molar-refractivity contribution in [1.29, 1.82) is 0 Å². The molecule has 1 aromatic heterocycles. The van der Waals surface area contributed by atoms with Gasteiger partial charge in [-0.25, -0.2) is 5.43 Å². The number of hydrogen-bond donors (Lipinski definition) is 1. The molecule has 8 heteroatoms. The molecule has 1 amide bonds. The highest BCUT2D eigenvalue weighted by Crippen LogP contribution is 2.17. The SMILES string of the molecule is COc1ccc(/C=N/NC(=O)c2nn(Cc3ccc(Br)cc3)cc2Br)cc1. The van der Waals surface area contributed by atoms with E-state index in [0.717, 1.165) is 21.3 Å². The number of hydrogen-bond acceptors (Lipinski definition) is 4. The molecule has 6 nitrogen and oxygen atoms in total. The monoisotopic (exact) mass is 490 g/mol. The summed E-state index contributed by atoms with van der Waals surface area (Å²) in [6.07, 6.45) is 3.33. The molecule has 0 unspecified atom stereocenters. The molecular formula is C19H16Br2N4O2. The maximum absolute atomic E-state index is 12.3. The predicted octanol–water partition coefficient (Wildman–Crippen LogP) is 4.23. The number of hydrazone groups is 1. The van der Waals surface area contributed by atoms with Crippen LogP contribution in [0, 0.1) is 0 Å². The van der Waals surface area contributed by atoms with Crippen LogP contribution < -0.4 is 10.2 Å². The smallest absolute Gasteiger partial charge is 0.293 e. The van der Waals surface area contributed by atoms with E-state index in [1.54, 1.807) is 24.2 Å². The van der Waals surface area contributed by atoms with Crippen molar-refractivity contribution in [2.75, 3.05) is 7.11 Å². The molecule has 3 rings (SSSR count). The maximum atomic E-state index is 12.3. The number of ether oxygens (including phenoxy) is 1. The number of nitrogens with one attached hydrogen (secondary N) is 1. The third-order valence-electron chi connectivity index (χ3n) is 3.69. The van der Waals surface area contributed by atoms with E-state index in [1.165, 1.54) is 0 Å². The molecular weight excluding hydrogens is 476 g/mol. The van der Waals surface area contributed by atoms with E-state index >= 15 is 0 Å². The highest BCUT2D eigenvalue weighted by atomic mass is 79.9. The van der Waals surface area contributed by atoms with E-state index in [0.29, 0.717) is 11.0 Å². The molecule has 0 aliphatic rings. The second-order valence-electron chi connectivity index (χ2n) is 5.62. The first-order chi connectivity index (χ1) is 13.0. The fourth-order valence-electron chi connectivity index (χ4n) is 2.32. The molecule has 1 heterocycles. The molecule has 1 N–H and O–H groups in total. The molecule has 0 aliphatic carbocycles. The van der Waals surface area contributed by atoms with Gasteiger partial charge in [-0.3, -0.25) is 9.48 Å². The van der Waals surface area contributed by atoms with E-state index in [1.807, 2.05) is 48.5 Å². The van der Waals surface area contributed by atoms with Crippen molar-refractivity contribution in [3.05, 3.63) is 80.5 Å². The first-order valence-corrected chi connectivity index (χ1v) is 9.58. The molecule has 0 saturated heterocycles. The van der Waals surface area contributed by atoms with Gasteiger partial charge in [-0.2, -0.15) is 10.2 Å². The Morgan fingerprint density at radius 1 is 1.19 bits per heavy atom. The van der Waals surface area contributed by atoms with Crippen molar-refractivity contribution in [1.82, 2.24) is 15.2 Å². The Balaban J connectivity index is 1.63. The number of amides is 1.